The summed E-state index contributed by atoms with van der Waals surface area (Å²) >= 11 is 0. The number of halogens is 1. The highest BCUT2D eigenvalue weighted by atomic mass is 32.2. The maximum absolute atomic E-state index is 12.8. The highest BCUT2D eigenvalue weighted by Crippen LogP contribution is 2.25. The molecular weight excluding hydrogens is 347 g/mol. The van der Waals surface area contributed by atoms with Crippen molar-refractivity contribution in [2.24, 2.45) is 0 Å². The van der Waals surface area contributed by atoms with Crippen molar-refractivity contribution in [2.75, 3.05) is 28.5 Å². The summed E-state index contributed by atoms with van der Waals surface area (Å²) < 4.78 is 43.2. The van der Waals surface area contributed by atoms with Crippen LogP contribution in [0.4, 0.5) is 15.8 Å². The first-order valence-corrected chi connectivity index (χ1v) is 9.34. The lowest BCUT2D eigenvalue weighted by molar-refractivity contribution is -0.118. The van der Waals surface area contributed by atoms with Crippen LogP contribution >= 0.6 is 0 Å². The maximum Gasteiger partial charge on any atom is 0.262 e. The lowest BCUT2D eigenvalue weighted by atomic mass is 10.2. The van der Waals surface area contributed by atoms with Gasteiger partial charge in [-0.15, -0.1) is 0 Å². The van der Waals surface area contributed by atoms with Crippen LogP contribution in [0, 0.1) is 5.82 Å². The number of hydrogen-bond donors (Lipinski definition) is 1. The van der Waals surface area contributed by atoms with Crippen molar-refractivity contribution < 1.29 is 22.3 Å². The lowest BCUT2D eigenvalue weighted by Crippen LogP contribution is -2.25. The second-order valence-electron chi connectivity index (χ2n) is 5.58. The molecule has 1 fully saturated rings. The van der Waals surface area contributed by atoms with Gasteiger partial charge in [-0.05, 0) is 55.0 Å². The van der Waals surface area contributed by atoms with Gasteiger partial charge in [-0.25, -0.2) is 12.8 Å². The molecule has 0 radical (unpaired) electrons. The van der Waals surface area contributed by atoms with E-state index in [1.807, 2.05) is 0 Å². The molecule has 0 bridgehead atoms. The van der Waals surface area contributed by atoms with Crippen molar-refractivity contribution in [3.8, 4) is 5.75 Å². The Labute approximate surface area is 145 Å². The summed E-state index contributed by atoms with van der Waals surface area (Å²) in [7, 11) is -3.22. The summed E-state index contributed by atoms with van der Waals surface area (Å²) in [6, 6.07) is 12.0. The third kappa shape index (κ3) is 4.27. The van der Waals surface area contributed by atoms with E-state index in [1.54, 1.807) is 24.3 Å². The number of ether oxygens (including phenoxy) is 1. The molecule has 0 unspecified atom stereocenters. The molecule has 0 saturated carbocycles. The molecule has 0 aliphatic carbocycles. The summed E-state index contributed by atoms with van der Waals surface area (Å²) in [4.78, 5) is 11.9. The van der Waals surface area contributed by atoms with Gasteiger partial charge >= 0.3 is 0 Å². The number of benzene rings is 2. The molecule has 1 aliphatic heterocycles. The molecule has 1 heterocycles. The Morgan fingerprint density at radius 3 is 2.40 bits per heavy atom. The highest BCUT2D eigenvalue weighted by molar-refractivity contribution is 7.93. The Morgan fingerprint density at radius 1 is 1.12 bits per heavy atom. The minimum atomic E-state index is -3.22. The predicted molar refractivity (Wildman–Crippen MR) is 92.7 cm³/mol. The number of amides is 1. The monoisotopic (exact) mass is 364 g/mol. The molecule has 3 rings (SSSR count). The van der Waals surface area contributed by atoms with Gasteiger partial charge in [0.1, 0.15) is 11.6 Å². The molecule has 2 aromatic rings. The standard InChI is InChI=1S/C17H17FN2O4S/c18-13-2-8-16(9-3-13)24-12-17(21)19-14-4-6-15(7-5-14)20-10-1-11-25(20,22)23/h2-9H,1,10-12H2,(H,19,21). The Bertz CT molecular complexity index is 851. The molecule has 0 atom stereocenters. The van der Waals surface area contributed by atoms with Crippen LogP contribution in [0.25, 0.3) is 0 Å². The number of anilines is 2. The Morgan fingerprint density at radius 2 is 1.80 bits per heavy atom. The summed E-state index contributed by atoms with van der Waals surface area (Å²) in [5, 5.41) is 2.66. The summed E-state index contributed by atoms with van der Waals surface area (Å²) in [5.74, 6) is -0.194. The molecule has 0 spiro atoms. The van der Waals surface area contributed by atoms with Crippen LogP contribution in [0.2, 0.25) is 0 Å². The van der Waals surface area contributed by atoms with E-state index in [1.165, 1.54) is 28.6 Å². The smallest absolute Gasteiger partial charge is 0.262 e. The minimum absolute atomic E-state index is 0.159. The third-order valence-corrected chi connectivity index (χ3v) is 5.59. The number of sulfonamides is 1. The number of rotatable bonds is 5. The van der Waals surface area contributed by atoms with E-state index in [4.69, 9.17) is 4.74 Å². The fourth-order valence-corrected chi connectivity index (χ4v) is 4.08. The van der Waals surface area contributed by atoms with E-state index in [0.29, 0.717) is 30.1 Å². The number of nitrogens with one attached hydrogen (secondary N) is 1. The zero-order chi connectivity index (χ0) is 17.9. The van der Waals surface area contributed by atoms with Gasteiger partial charge in [-0.2, -0.15) is 0 Å². The Hall–Kier alpha value is -2.61. The van der Waals surface area contributed by atoms with E-state index < -0.39 is 10.0 Å². The van der Waals surface area contributed by atoms with E-state index in [0.717, 1.165) is 0 Å². The number of carbonyl (C=O) groups excluding carboxylic acids is 1. The average Bonchev–Trinajstić information content (AvgIpc) is 2.94. The first kappa shape index (κ1) is 17.2. The topological polar surface area (TPSA) is 75.7 Å². The predicted octanol–water partition coefficient (Wildman–Crippen LogP) is 2.38. The van der Waals surface area contributed by atoms with Gasteiger partial charge in [-0.3, -0.25) is 9.10 Å². The zero-order valence-corrected chi connectivity index (χ0v) is 14.1. The summed E-state index contributed by atoms with van der Waals surface area (Å²) in [6.07, 6.45) is 0.613. The zero-order valence-electron chi connectivity index (χ0n) is 13.3. The molecular formula is C17H17FN2O4S. The van der Waals surface area contributed by atoms with Crippen LogP contribution in [0.3, 0.4) is 0 Å². The molecule has 1 aliphatic rings. The molecule has 6 nitrogen and oxygen atoms in total. The van der Waals surface area contributed by atoms with E-state index >= 15 is 0 Å². The molecule has 1 saturated heterocycles. The summed E-state index contributed by atoms with van der Waals surface area (Å²) in [5.41, 5.74) is 1.12. The van der Waals surface area contributed by atoms with Gasteiger partial charge in [0.05, 0.1) is 11.4 Å². The van der Waals surface area contributed by atoms with Crippen LogP contribution < -0.4 is 14.4 Å². The van der Waals surface area contributed by atoms with E-state index in [-0.39, 0.29) is 24.1 Å². The fourth-order valence-electron chi connectivity index (χ4n) is 2.52. The van der Waals surface area contributed by atoms with Gasteiger partial charge in [-0.1, -0.05) is 0 Å². The minimum Gasteiger partial charge on any atom is -0.484 e. The Kier molecular flexibility index (Phi) is 4.89. The van der Waals surface area contributed by atoms with Crippen molar-refractivity contribution >= 4 is 27.3 Å². The number of hydrogen-bond acceptors (Lipinski definition) is 4. The molecule has 132 valence electrons. The molecule has 1 N–H and O–H groups in total. The number of carbonyl (C=O) groups is 1. The average molecular weight is 364 g/mol. The van der Waals surface area contributed by atoms with Crippen LogP contribution in [0.15, 0.2) is 48.5 Å². The molecule has 8 heteroatoms. The van der Waals surface area contributed by atoms with Gasteiger partial charge in [0.25, 0.3) is 5.91 Å². The van der Waals surface area contributed by atoms with E-state index in [9.17, 15) is 17.6 Å². The maximum atomic E-state index is 12.8. The van der Waals surface area contributed by atoms with Crippen LogP contribution in [-0.2, 0) is 14.8 Å². The molecule has 0 aromatic heterocycles. The summed E-state index contributed by atoms with van der Waals surface area (Å²) in [6.45, 7) is 0.257. The van der Waals surface area contributed by atoms with Gasteiger partial charge < -0.3 is 10.1 Å². The van der Waals surface area contributed by atoms with Crippen molar-refractivity contribution in [2.45, 2.75) is 6.42 Å². The van der Waals surface area contributed by atoms with Crippen LogP contribution in [0.1, 0.15) is 6.42 Å². The van der Waals surface area contributed by atoms with Gasteiger partial charge in [0, 0.05) is 12.2 Å². The van der Waals surface area contributed by atoms with Crippen molar-refractivity contribution in [1.82, 2.24) is 0 Å². The van der Waals surface area contributed by atoms with Crippen molar-refractivity contribution in [3.05, 3.63) is 54.3 Å². The second-order valence-corrected chi connectivity index (χ2v) is 7.59. The molecule has 2 aromatic carbocycles. The second kappa shape index (κ2) is 7.10. The van der Waals surface area contributed by atoms with Crippen LogP contribution in [0.5, 0.6) is 5.75 Å². The highest BCUT2D eigenvalue weighted by Gasteiger charge is 2.28. The van der Waals surface area contributed by atoms with Gasteiger partial charge in [0.15, 0.2) is 6.61 Å². The number of nitrogens with zero attached hydrogens (tertiary/aromatic N) is 1. The molecule has 1 amide bonds. The first-order valence-electron chi connectivity index (χ1n) is 7.73. The van der Waals surface area contributed by atoms with Gasteiger partial charge in [0.2, 0.25) is 10.0 Å². The normalized spacial score (nSPS) is 15.8. The largest absolute Gasteiger partial charge is 0.484 e. The SMILES string of the molecule is O=C(COc1ccc(F)cc1)Nc1ccc(N2CCCS2(=O)=O)cc1. The third-order valence-electron chi connectivity index (χ3n) is 3.72. The van der Waals surface area contributed by atoms with E-state index in [2.05, 4.69) is 5.32 Å². The van der Waals surface area contributed by atoms with Crippen LogP contribution in [-0.4, -0.2) is 33.2 Å². The Balaban J connectivity index is 1.56. The fraction of sp³-hybridized carbons (Fsp3) is 0.235. The van der Waals surface area contributed by atoms with Crippen molar-refractivity contribution in [1.29, 1.82) is 0 Å². The quantitative estimate of drug-likeness (QED) is 0.884. The lowest BCUT2D eigenvalue weighted by Gasteiger charge is -2.17. The first-order chi connectivity index (χ1) is 11.9. The van der Waals surface area contributed by atoms with Crippen molar-refractivity contribution in [3.63, 3.8) is 0 Å². The molecule has 25 heavy (non-hydrogen) atoms.